The van der Waals surface area contributed by atoms with Crippen LogP contribution in [0.1, 0.15) is 48.1 Å². The van der Waals surface area contributed by atoms with Gasteiger partial charge in [0.1, 0.15) is 12.2 Å². The van der Waals surface area contributed by atoms with Crippen LogP contribution in [0, 0.1) is 6.92 Å². The van der Waals surface area contributed by atoms with Crippen LogP contribution in [0.2, 0.25) is 0 Å². The van der Waals surface area contributed by atoms with Crippen LogP contribution in [0.15, 0.2) is 24.5 Å². The molecule has 1 aromatic heterocycles. The summed E-state index contributed by atoms with van der Waals surface area (Å²) in [6.07, 6.45) is 2.43. The Hall–Kier alpha value is -2.37. The highest BCUT2D eigenvalue weighted by molar-refractivity contribution is 6.00. The van der Waals surface area contributed by atoms with Gasteiger partial charge in [0, 0.05) is 12.2 Å². The quantitative estimate of drug-likeness (QED) is 0.762. The van der Waals surface area contributed by atoms with Crippen molar-refractivity contribution in [2.75, 3.05) is 11.9 Å². The third-order valence-corrected chi connectivity index (χ3v) is 3.18. The standard InChI is InChI=1S/C15H21N5O/c1-4-7-16-13-6-5-10(2)8-12(13)15(21)19-11(3)14-17-9-18-20-14/h5-6,8-9,11,16H,4,7H2,1-3H3,(H,19,21)(H,17,18,20). The molecule has 0 saturated carbocycles. The Morgan fingerprint density at radius 1 is 1.43 bits per heavy atom. The molecule has 3 N–H and O–H groups in total. The minimum Gasteiger partial charge on any atom is -0.384 e. The number of anilines is 1. The van der Waals surface area contributed by atoms with Gasteiger partial charge in [0.2, 0.25) is 0 Å². The summed E-state index contributed by atoms with van der Waals surface area (Å²) < 4.78 is 0. The van der Waals surface area contributed by atoms with Gasteiger partial charge in [-0.25, -0.2) is 4.98 Å². The van der Waals surface area contributed by atoms with E-state index in [4.69, 9.17) is 0 Å². The van der Waals surface area contributed by atoms with E-state index in [2.05, 4.69) is 32.7 Å². The summed E-state index contributed by atoms with van der Waals surface area (Å²) in [6.45, 7) is 6.77. The van der Waals surface area contributed by atoms with Crippen LogP contribution < -0.4 is 10.6 Å². The van der Waals surface area contributed by atoms with Crippen molar-refractivity contribution in [2.24, 2.45) is 0 Å². The Kier molecular flexibility index (Phi) is 4.92. The lowest BCUT2D eigenvalue weighted by Crippen LogP contribution is -2.28. The molecule has 0 aliphatic carbocycles. The molecule has 1 aromatic carbocycles. The molecule has 0 saturated heterocycles. The Bertz CT molecular complexity index is 594. The molecule has 0 spiro atoms. The second-order valence-corrected chi connectivity index (χ2v) is 5.04. The van der Waals surface area contributed by atoms with Crippen molar-refractivity contribution in [2.45, 2.75) is 33.2 Å². The van der Waals surface area contributed by atoms with Crippen LogP contribution >= 0.6 is 0 Å². The fourth-order valence-electron chi connectivity index (χ4n) is 2.03. The number of hydrogen-bond donors (Lipinski definition) is 3. The van der Waals surface area contributed by atoms with Gasteiger partial charge in [0.15, 0.2) is 0 Å². The smallest absolute Gasteiger partial charge is 0.253 e. The molecule has 21 heavy (non-hydrogen) atoms. The van der Waals surface area contributed by atoms with Crippen LogP contribution in [-0.4, -0.2) is 27.6 Å². The number of rotatable bonds is 6. The van der Waals surface area contributed by atoms with Gasteiger partial charge in [-0.05, 0) is 32.4 Å². The minimum absolute atomic E-state index is 0.124. The molecule has 2 rings (SSSR count). The lowest BCUT2D eigenvalue weighted by molar-refractivity contribution is 0.0939. The molecule has 0 fully saturated rings. The number of aryl methyl sites for hydroxylation is 1. The first-order chi connectivity index (χ1) is 10.1. The second-order valence-electron chi connectivity index (χ2n) is 5.04. The summed E-state index contributed by atoms with van der Waals surface area (Å²) in [6, 6.07) is 5.60. The highest BCUT2D eigenvalue weighted by Crippen LogP contribution is 2.18. The molecule has 1 atom stereocenters. The second kappa shape index (κ2) is 6.88. The molecule has 1 amide bonds. The Balaban J connectivity index is 2.15. The number of nitrogens with one attached hydrogen (secondary N) is 3. The highest BCUT2D eigenvalue weighted by atomic mass is 16.1. The number of carbonyl (C=O) groups is 1. The van der Waals surface area contributed by atoms with Gasteiger partial charge < -0.3 is 10.6 Å². The van der Waals surface area contributed by atoms with Gasteiger partial charge in [-0.3, -0.25) is 9.89 Å². The Morgan fingerprint density at radius 2 is 2.24 bits per heavy atom. The summed E-state index contributed by atoms with van der Waals surface area (Å²) in [5, 5.41) is 12.8. The summed E-state index contributed by atoms with van der Waals surface area (Å²) >= 11 is 0. The van der Waals surface area contributed by atoms with E-state index in [1.54, 1.807) is 0 Å². The van der Waals surface area contributed by atoms with Crippen LogP contribution in [0.5, 0.6) is 0 Å². The third kappa shape index (κ3) is 3.81. The van der Waals surface area contributed by atoms with Crippen molar-refractivity contribution in [3.63, 3.8) is 0 Å². The zero-order valence-corrected chi connectivity index (χ0v) is 12.6. The number of nitrogens with zero attached hydrogens (tertiary/aromatic N) is 2. The lowest BCUT2D eigenvalue weighted by atomic mass is 10.1. The number of amides is 1. The van der Waals surface area contributed by atoms with E-state index in [0.29, 0.717) is 11.4 Å². The maximum absolute atomic E-state index is 12.5. The first-order valence-electron chi connectivity index (χ1n) is 7.12. The summed E-state index contributed by atoms with van der Waals surface area (Å²) in [7, 11) is 0. The maximum Gasteiger partial charge on any atom is 0.253 e. The Labute approximate surface area is 124 Å². The molecule has 6 heteroatoms. The highest BCUT2D eigenvalue weighted by Gasteiger charge is 2.16. The van der Waals surface area contributed by atoms with E-state index in [-0.39, 0.29) is 11.9 Å². The van der Waals surface area contributed by atoms with E-state index in [9.17, 15) is 4.79 Å². The van der Waals surface area contributed by atoms with Crippen molar-refractivity contribution in [3.05, 3.63) is 41.5 Å². The fourth-order valence-corrected chi connectivity index (χ4v) is 2.03. The first-order valence-corrected chi connectivity index (χ1v) is 7.12. The minimum atomic E-state index is -0.223. The van der Waals surface area contributed by atoms with E-state index in [0.717, 1.165) is 24.2 Å². The third-order valence-electron chi connectivity index (χ3n) is 3.18. The molecule has 2 aromatic rings. The number of hydrogen-bond acceptors (Lipinski definition) is 4. The molecule has 6 nitrogen and oxygen atoms in total. The van der Waals surface area contributed by atoms with Crippen molar-refractivity contribution >= 4 is 11.6 Å². The lowest BCUT2D eigenvalue weighted by Gasteiger charge is -2.15. The molecular formula is C15H21N5O. The molecule has 1 unspecified atom stereocenters. The average Bonchev–Trinajstić information content (AvgIpc) is 3.00. The van der Waals surface area contributed by atoms with Gasteiger partial charge in [-0.1, -0.05) is 18.6 Å². The number of H-pyrrole nitrogens is 1. The molecule has 0 bridgehead atoms. The number of carbonyl (C=O) groups excluding carboxylic acids is 1. The normalized spacial score (nSPS) is 12.0. The largest absolute Gasteiger partial charge is 0.384 e. The first kappa shape index (κ1) is 15.0. The van der Waals surface area contributed by atoms with E-state index >= 15 is 0 Å². The van der Waals surface area contributed by atoms with Gasteiger partial charge >= 0.3 is 0 Å². The molecule has 0 radical (unpaired) electrons. The number of aromatic amines is 1. The van der Waals surface area contributed by atoms with Crippen molar-refractivity contribution < 1.29 is 4.79 Å². The predicted molar refractivity (Wildman–Crippen MR) is 82.2 cm³/mol. The average molecular weight is 287 g/mol. The van der Waals surface area contributed by atoms with E-state index in [1.165, 1.54) is 6.33 Å². The van der Waals surface area contributed by atoms with Crippen molar-refractivity contribution in [1.82, 2.24) is 20.5 Å². The topological polar surface area (TPSA) is 82.7 Å². The molecule has 112 valence electrons. The maximum atomic E-state index is 12.5. The van der Waals surface area contributed by atoms with Crippen LogP contribution in [0.4, 0.5) is 5.69 Å². The van der Waals surface area contributed by atoms with Crippen LogP contribution in [0.25, 0.3) is 0 Å². The van der Waals surface area contributed by atoms with Gasteiger partial charge in [-0.2, -0.15) is 5.10 Å². The predicted octanol–water partition coefficient (Wildman–Crippen LogP) is 2.43. The Morgan fingerprint density at radius 3 is 2.90 bits per heavy atom. The fraction of sp³-hybridized carbons (Fsp3) is 0.400. The zero-order chi connectivity index (χ0) is 15.2. The van der Waals surface area contributed by atoms with E-state index in [1.807, 2.05) is 32.0 Å². The molecule has 0 aliphatic heterocycles. The summed E-state index contributed by atoms with van der Waals surface area (Å²) in [4.78, 5) is 16.5. The van der Waals surface area contributed by atoms with Gasteiger partial charge in [-0.15, -0.1) is 0 Å². The van der Waals surface area contributed by atoms with Gasteiger partial charge in [0.05, 0.1) is 11.6 Å². The molecule has 0 aliphatic rings. The summed E-state index contributed by atoms with van der Waals surface area (Å²) in [5.74, 6) is 0.514. The zero-order valence-electron chi connectivity index (χ0n) is 12.6. The van der Waals surface area contributed by atoms with Crippen LogP contribution in [-0.2, 0) is 0 Å². The van der Waals surface area contributed by atoms with E-state index < -0.39 is 0 Å². The molecular weight excluding hydrogens is 266 g/mol. The summed E-state index contributed by atoms with van der Waals surface area (Å²) in [5.41, 5.74) is 2.55. The van der Waals surface area contributed by atoms with Gasteiger partial charge in [0.25, 0.3) is 5.91 Å². The monoisotopic (exact) mass is 287 g/mol. The number of aromatic nitrogens is 3. The van der Waals surface area contributed by atoms with Crippen molar-refractivity contribution in [1.29, 1.82) is 0 Å². The molecule has 1 heterocycles. The van der Waals surface area contributed by atoms with Crippen molar-refractivity contribution in [3.8, 4) is 0 Å². The van der Waals surface area contributed by atoms with Crippen LogP contribution in [0.3, 0.4) is 0 Å². The number of benzene rings is 1. The SMILES string of the molecule is CCCNc1ccc(C)cc1C(=O)NC(C)c1ncn[nH]1.